The van der Waals surface area contributed by atoms with Crippen molar-refractivity contribution >= 4 is 27.3 Å². The maximum absolute atomic E-state index is 4.15. The van der Waals surface area contributed by atoms with E-state index < -0.39 is 0 Å². The van der Waals surface area contributed by atoms with Crippen LogP contribution in [0.3, 0.4) is 0 Å². The van der Waals surface area contributed by atoms with Crippen LogP contribution in [0.15, 0.2) is 40.4 Å². The van der Waals surface area contributed by atoms with E-state index in [-0.39, 0.29) is 0 Å². The molecule has 2 heterocycles. The largest absolute Gasteiger partial charge is 0.303 e. The Hall–Kier alpha value is -0.710. The predicted octanol–water partition coefficient (Wildman–Crippen LogP) is 4.32. The Labute approximate surface area is 114 Å². The van der Waals surface area contributed by atoms with E-state index in [9.17, 15) is 0 Å². The standard InChI is InChI=1S/C13H15BrN2S/c1-9(11-4-3-7-15-8-11)16-10(2)12-5-6-13(14)17-12/h3-10,16H,1-2H3. The highest BCUT2D eigenvalue weighted by molar-refractivity contribution is 9.11. The fraction of sp³-hybridized carbons (Fsp3) is 0.308. The summed E-state index contributed by atoms with van der Waals surface area (Å²) >= 11 is 5.26. The average Bonchev–Trinajstić information content (AvgIpc) is 2.77. The minimum atomic E-state index is 0.305. The van der Waals surface area contributed by atoms with Crippen LogP contribution in [0.25, 0.3) is 0 Å². The minimum absolute atomic E-state index is 0.305. The van der Waals surface area contributed by atoms with Crippen molar-refractivity contribution in [3.05, 3.63) is 50.9 Å². The molecule has 0 spiro atoms. The second-order valence-corrected chi connectivity index (χ2v) is 6.53. The molecule has 90 valence electrons. The molecule has 17 heavy (non-hydrogen) atoms. The van der Waals surface area contributed by atoms with E-state index in [0.29, 0.717) is 12.1 Å². The third-order valence-electron chi connectivity index (χ3n) is 2.71. The van der Waals surface area contributed by atoms with Crippen molar-refractivity contribution in [2.45, 2.75) is 25.9 Å². The Kier molecular flexibility index (Phi) is 4.31. The molecular formula is C13H15BrN2S. The summed E-state index contributed by atoms with van der Waals surface area (Å²) < 4.78 is 1.18. The SMILES string of the molecule is CC(NC(C)c1ccc(Br)s1)c1cccnc1. The van der Waals surface area contributed by atoms with Crippen LogP contribution in [0.5, 0.6) is 0 Å². The molecule has 2 rings (SSSR count). The quantitative estimate of drug-likeness (QED) is 0.909. The van der Waals surface area contributed by atoms with Crippen LogP contribution in [-0.2, 0) is 0 Å². The Balaban J connectivity index is 2.02. The van der Waals surface area contributed by atoms with Gasteiger partial charge >= 0.3 is 0 Å². The van der Waals surface area contributed by atoms with Crippen molar-refractivity contribution in [3.8, 4) is 0 Å². The lowest BCUT2D eigenvalue weighted by molar-refractivity contribution is 0.499. The van der Waals surface area contributed by atoms with Gasteiger partial charge in [0.15, 0.2) is 0 Å². The molecule has 0 fully saturated rings. The van der Waals surface area contributed by atoms with E-state index in [2.05, 4.69) is 58.3 Å². The van der Waals surface area contributed by atoms with Gasteiger partial charge in [-0.15, -0.1) is 11.3 Å². The number of hydrogen-bond acceptors (Lipinski definition) is 3. The summed E-state index contributed by atoms with van der Waals surface area (Å²) in [6.45, 7) is 4.35. The first-order valence-electron chi connectivity index (χ1n) is 5.58. The van der Waals surface area contributed by atoms with Gasteiger partial charge < -0.3 is 5.32 Å². The number of hydrogen-bond donors (Lipinski definition) is 1. The van der Waals surface area contributed by atoms with Crippen molar-refractivity contribution in [2.75, 3.05) is 0 Å². The van der Waals surface area contributed by atoms with Gasteiger partial charge in [-0.2, -0.15) is 0 Å². The lowest BCUT2D eigenvalue weighted by Crippen LogP contribution is -2.21. The molecule has 0 amide bonds. The van der Waals surface area contributed by atoms with Crippen LogP contribution >= 0.6 is 27.3 Å². The van der Waals surface area contributed by atoms with Crippen molar-refractivity contribution < 1.29 is 0 Å². The molecule has 0 bridgehead atoms. The molecule has 0 radical (unpaired) electrons. The van der Waals surface area contributed by atoms with Gasteiger partial charge in [-0.1, -0.05) is 6.07 Å². The summed E-state index contributed by atoms with van der Waals surface area (Å²) in [5, 5.41) is 3.58. The van der Waals surface area contributed by atoms with E-state index in [1.807, 2.05) is 12.3 Å². The van der Waals surface area contributed by atoms with Gasteiger partial charge in [-0.3, -0.25) is 4.98 Å². The highest BCUT2D eigenvalue weighted by Crippen LogP contribution is 2.28. The van der Waals surface area contributed by atoms with Crippen LogP contribution in [0.1, 0.15) is 36.4 Å². The van der Waals surface area contributed by atoms with Gasteiger partial charge in [0.25, 0.3) is 0 Å². The van der Waals surface area contributed by atoms with Crippen LogP contribution in [0.4, 0.5) is 0 Å². The summed E-state index contributed by atoms with van der Waals surface area (Å²) in [7, 11) is 0. The number of nitrogens with zero attached hydrogens (tertiary/aromatic N) is 1. The summed E-state index contributed by atoms with van der Waals surface area (Å²) in [4.78, 5) is 5.49. The molecule has 0 saturated carbocycles. The van der Waals surface area contributed by atoms with E-state index in [0.717, 1.165) is 0 Å². The smallest absolute Gasteiger partial charge is 0.0701 e. The highest BCUT2D eigenvalue weighted by atomic mass is 79.9. The second-order valence-electron chi connectivity index (χ2n) is 4.04. The fourth-order valence-electron chi connectivity index (χ4n) is 1.75. The maximum Gasteiger partial charge on any atom is 0.0701 e. The van der Waals surface area contributed by atoms with E-state index in [1.165, 1.54) is 14.2 Å². The third-order valence-corrected chi connectivity index (χ3v) is 4.51. The molecule has 2 atom stereocenters. The Morgan fingerprint density at radius 3 is 2.65 bits per heavy atom. The first kappa shape index (κ1) is 12.7. The van der Waals surface area contributed by atoms with Crippen molar-refractivity contribution in [1.29, 1.82) is 0 Å². The Morgan fingerprint density at radius 1 is 1.24 bits per heavy atom. The zero-order valence-corrected chi connectivity index (χ0v) is 12.3. The maximum atomic E-state index is 4.15. The topological polar surface area (TPSA) is 24.9 Å². The first-order valence-corrected chi connectivity index (χ1v) is 7.19. The number of thiophene rings is 1. The van der Waals surface area contributed by atoms with Crippen molar-refractivity contribution in [2.24, 2.45) is 0 Å². The first-order chi connectivity index (χ1) is 8.16. The molecule has 0 aliphatic carbocycles. The van der Waals surface area contributed by atoms with Gasteiger partial charge in [0.2, 0.25) is 0 Å². The highest BCUT2D eigenvalue weighted by Gasteiger charge is 2.12. The molecule has 2 aromatic rings. The predicted molar refractivity (Wildman–Crippen MR) is 76.2 cm³/mol. The summed E-state index contributed by atoms with van der Waals surface area (Å²) in [5.41, 5.74) is 1.22. The normalized spacial score (nSPS) is 14.5. The fourth-order valence-corrected chi connectivity index (χ4v) is 3.18. The van der Waals surface area contributed by atoms with E-state index in [4.69, 9.17) is 0 Å². The number of halogens is 1. The van der Waals surface area contributed by atoms with Gasteiger partial charge in [0, 0.05) is 29.4 Å². The monoisotopic (exact) mass is 310 g/mol. The molecular weight excluding hydrogens is 296 g/mol. The number of rotatable bonds is 4. The zero-order chi connectivity index (χ0) is 12.3. The molecule has 1 N–H and O–H groups in total. The van der Waals surface area contributed by atoms with Crippen LogP contribution in [-0.4, -0.2) is 4.98 Å². The molecule has 2 nitrogen and oxygen atoms in total. The second kappa shape index (κ2) is 5.76. The molecule has 0 aliphatic rings. The number of nitrogens with one attached hydrogen (secondary N) is 1. The molecule has 4 heteroatoms. The minimum Gasteiger partial charge on any atom is -0.303 e. The lowest BCUT2D eigenvalue weighted by atomic mass is 10.1. The summed E-state index contributed by atoms with van der Waals surface area (Å²) in [6, 6.07) is 8.97. The van der Waals surface area contributed by atoms with Crippen molar-refractivity contribution in [1.82, 2.24) is 10.3 Å². The summed E-state index contributed by atoms with van der Waals surface area (Å²) in [6.07, 6.45) is 3.71. The van der Waals surface area contributed by atoms with Crippen molar-refractivity contribution in [3.63, 3.8) is 0 Å². The number of pyridine rings is 1. The zero-order valence-electron chi connectivity index (χ0n) is 9.85. The van der Waals surface area contributed by atoms with Gasteiger partial charge in [0.05, 0.1) is 3.79 Å². The molecule has 0 aromatic carbocycles. The van der Waals surface area contributed by atoms with Crippen LogP contribution in [0, 0.1) is 0 Å². The molecule has 0 aliphatic heterocycles. The Morgan fingerprint density at radius 2 is 2.06 bits per heavy atom. The summed E-state index contributed by atoms with van der Waals surface area (Å²) in [5.74, 6) is 0. The molecule has 2 aromatic heterocycles. The number of aromatic nitrogens is 1. The van der Waals surface area contributed by atoms with E-state index in [1.54, 1.807) is 17.5 Å². The van der Waals surface area contributed by atoms with Gasteiger partial charge in [-0.05, 0) is 53.5 Å². The Bertz CT molecular complexity index is 469. The van der Waals surface area contributed by atoms with Crippen LogP contribution in [0.2, 0.25) is 0 Å². The van der Waals surface area contributed by atoms with Gasteiger partial charge in [-0.25, -0.2) is 0 Å². The van der Waals surface area contributed by atoms with E-state index >= 15 is 0 Å². The van der Waals surface area contributed by atoms with Crippen LogP contribution < -0.4 is 5.32 Å². The van der Waals surface area contributed by atoms with Gasteiger partial charge in [0.1, 0.15) is 0 Å². The molecule has 0 saturated heterocycles. The molecule has 2 unspecified atom stereocenters. The average molecular weight is 311 g/mol. The lowest BCUT2D eigenvalue weighted by Gasteiger charge is -2.19. The third kappa shape index (κ3) is 3.37.